The van der Waals surface area contributed by atoms with E-state index < -0.39 is 0 Å². The fourth-order valence-corrected chi connectivity index (χ4v) is 1.61. The summed E-state index contributed by atoms with van der Waals surface area (Å²) in [6, 6.07) is 5.82. The first kappa shape index (κ1) is 9.09. The Hall–Kier alpha value is -1.48. The first-order valence-electron chi connectivity index (χ1n) is 4.56. The van der Waals surface area contributed by atoms with E-state index in [0.717, 1.165) is 22.6 Å². The van der Waals surface area contributed by atoms with Crippen molar-refractivity contribution in [3.8, 4) is 11.5 Å². The van der Waals surface area contributed by atoms with Crippen LogP contribution in [-0.2, 0) is 0 Å². The summed E-state index contributed by atoms with van der Waals surface area (Å²) in [6.07, 6.45) is 2.00. The SMILES string of the molecule is COc1cccc2c1OCC=C2CN. The number of para-hydroxylation sites is 1. The first-order valence-corrected chi connectivity index (χ1v) is 4.56. The molecule has 0 spiro atoms. The molecule has 1 aliphatic rings. The molecule has 0 atom stereocenters. The van der Waals surface area contributed by atoms with E-state index in [1.165, 1.54) is 0 Å². The van der Waals surface area contributed by atoms with Crippen molar-refractivity contribution in [1.82, 2.24) is 0 Å². The molecule has 1 aliphatic heterocycles. The van der Waals surface area contributed by atoms with Gasteiger partial charge in [0, 0.05) is 12.1 Å². The molecule has 0 aromatic heterocycles. The Morgan fingerprint density at radius 1 is 1.50 bits per heavy atom. The molecule has 3 nitrogen and oxygen atoms in total. The van der Waals surface area contributed by atoms with Crippen LogP contribution in [0.2, 0.25) is 0 Å². The third-order valence-corrected chi connectivity index (χ3v) is 2.32. The maximum Gasteiger partial charge on any atom is 0.169 e. The molecule has 0 bridgehead atoms. The van der Waals surface area contributed by atoms with E-state index in [4.69, 9.17) is 15.2 Å². The monoisotopic (exact) mass is 191 g/mol. The highest BCUT2D eigenvalue weighted by atomic mass is 16.5. The summed E-state index contributed by atoms with van der Waals surface area (Å²) in [5.74, 6) is 1.57. The number of rotatable bonds is 2. The quantitative estimate of drug-likeness (QED) is 0.769. The minimum atomic E-state index is 0.531. The van der Waals surface area contributed by atoms with Crippen LogP contribution < -0.4 is 15.2 Å². The van der Waals surface area contributed by atoms with Gasteiger partial charge in [-0.15, -0.1) is 0 Å². The average molecular weight is 191 g/mol. The third kappa shape index (κ3) is 1.36. The van der Waals surface area contributed by atoms with Gasteiger partial charge in [-0.3, -0.25) is 0 Å². The lowest BCUT2D eigenvalue weighted by Crippen LogP contribution is -2.11. The van der Waals surface area contributed by atoms with Crippen molar-refractivity contribution in [3.05, 3.63) is 29.8 Å². The van der Waals surface area contributed by atoms with E-state index in [0.29, 0.717) is 13.2 Å². The topological polar surface area (TPSA) is 44.5 Å². The highest BCUT2D eigenvalue weighted by Gasteiger charge is 2.16. The summed E-state index contributed by atoms with van der Waals surface area (Å²) in [7, 11) is 1.64. The molecule has 2 rings (SSSR count). The predicted molar refractivity (Wildman–Crippen MR) is 55.5 cm³/mol. The van der Waals surface area contributed by atoms with E-state index in [-0.39, 0.29) is 0 Å². The van der Waals surface area contributed by atoms with Gasteiger partial charge < -0.3 is 15.2 Å². The summed E-state index contributed by atoms with van der Waals surface area (Å²) in [5.41, 5.74) is 7.80. The molecule has 0 saturated heterocycles. The number of methoxy groups -OCH3 is 1. The number of fused-ring (bicyclic) bond motifs is 1. The zero-order valence-corrected chi connectivity index (χ0v) is 8.12. The Morgan fingerprint density at radius 3 is 3.07 bits per heavy atom. The second-order valence-electron chi connectivity index (χ2n) is 3.08. The number of nitrogens with two attached hydrogens (primary N) is 1. The number of hydrogen-bond donors (Lipinski definition) is 1. The Morgan fingerprint density at radius 2 is 2.36 bits per heavy atom. The average Bonchev–Trinajstić information content (AvgIpc) is 2.27. The fourth-order valence-electron chi connectivity index (χ4n) is 1.61. The first-order chi connectivity index (χ1) is 6.86. The molecule has 3 heteroatoms. The van der Waals surface area contributed by atoms with Crippen molar-refractivity contribution in [2.75, 3.05) is 20.3 Å². The van der Waals surface area contributed by atoms with E-state index in [1.54, 1.807) is 7.11 Å². The van der Waals surface area contributed by atoms with Gasteiger partial charge in [0.2, 0.25) is 0 Å². The molecule has 0 unspecified atom stereocenters. The molecule has 0 amide bonds. The molecule has 0 aliphatic carbocycles. The van der Waals surface area contributed by atoms with Crippen LogP contribution in [0, 0.1) is 0 Å². The van der Waals surface area contributed by atoms with Crippen LogP contribution in [0.1, 0.15) is 5.56 Å². The van der Waals surface area contributed by atoms with Crippen molar-refractivity contribution in [2.24, 2.45) is 5.73 Å². The van der Waals surface area contributed by atoms with Crippen LogP contribution in [0.15, 0.2) is 24.3 Å². The van der Waals surface area contributed by atoms with Crippen molar-refractivity contribution in [2.45, 2.75) is 0 Å². The van der Waals surface area contributed by atoms with Crippen LogP contribution in [0.25, 0.3) is 5.57 Å². The lowest BCUT2D eigenvalue weighted by Gasteiger charge is -2.19. The Bertz CT molecular complexity index is 372. The van der Waals surface area contributed by atoms with Crippen molar-refractivity contribution in [3.63, 3.8) is 0 Å². The normalized spacial score (nSPS) is 14.0. The van der Waals surface area contributed by atoms with Gasteiger partial charge in [-0.1, -0.05) is 12.1 Å². The van der Waals surface area contributed by atoms with E-state index in [2.05, 4.69) is 0 Å². The molecule has 0 radical (unpaired) electrons. The molecule has 2 N–H and O–H groups in total. The van der Waals surface area contributed by atoms with Gasteiger partial charge in [0.25, 0.3) is 0 Å². The van der Waals surface area contributed by atoms with Gasteiger partial charge in [-0.05, 0) is 17.7 Å². The molecule has 74 valence electrons. The van der Waals surface area contributed by atoms with Crippen LogP contribution >= 0.6 is 0 Å². The maximum absolute atomic E-state index is 5.64. The summed E-state index contributed by atoms with van der Waals surface area (Å²) in [6.45, 7) is 1.10. The second kappa shape index (κ2) is 3.72. The Kier molecular flexibility index (Phi) is 2.41. The number of benzene rings is 1. The molecule has 1 heterocycles. The van der Waals surface area contributed by atoms with Crippen LogP contribution in [0.3, 0.4) is 0 Å². The standard InChI is InChI=1S/C11H13NO2/c1-13-10-4-2-3-9-8(7-12)5-6-14-11(9)10/h2-5H,6-7,12H2,1H3. The van der Waals surface area contributed by atoms with Crippen molar-refractivity contribution in [1.29, 1.82) is 0 Å². The van der Waals surface area contributed by atoms with Crippen LogP contribution in [0.5, 0.6) is 11.5 Å². The second-order valence-corrected chi connectivity index (χ2v) is 3.08. The van der Waals surface area contributed by atoms with Gasteiger partial charge >= 0.3 is 0 Å². The maximum atomic E-state index is 5.64. The lowest BCUT2D eigenvalue weighted by molar-refractivity contribution is 0.322. The summed E-state index contributed by atoms with van der Waals surface area (Å²) in [4.78, 5) is 0. The van der Waals surface area contributed by atoms with Gasteiger partial charge in [0.15, 0.2) is 11.5 Å². The van der Waals surface area contributed by atoms with E-state index >= 15 is 0 Å². The Balaban J connectivity index is 2.52. The molecular formula is C11H13NO2. The molecule has 1 aromatic carbocycles. The third-order valence-electron chi connectivity index (χ3n) is 2.32. The lowest BCUT2D eigenvalue weighted by atomic mass is 10.0. The van der Waals surface area contributed by atoms with Crippen molar-refractivity contribution >= 4 is 5.57 Å². The van der Waals surface area contributed by atoms with Gasteiger partial charge in [-0.25, -0.2) is 0 Å². The van der Waals surface area contributed by atoms with E-state index in [1.807, 2.05) is 24.3 Å². The summed E-state index contributed by atoms with van der Waals surface area (Å²) in [5, 5.41) is 0. The molecular weight excluding hydrogens is 178 g/mol. The number of hydrogen-bond acceptors (Lipinski definition) is 3. The molecule has 0 fully saturated rings. The van der Waals surface area contributed by atoms with Gasteiger partial charge in [0.05, 0.1) is 7.11 Å². The van der Waals surface area contributed by atoms with Crippen LogP contribution in [-0.4, -0.2) is 20.3 Å². The molecule has 14 heavy (non-hydrogen) atoms. The molecule has 1 aromatic rings. The summed E-state index contributed by atoms with van der Waals surface area (Å²) < 4.78 is 10.7. The summed E-state index contributed by atoms with van der Waals surface area (Å²) >= 11 is 0. The van der Waals surface area contributed by atoms with Gasteiger partial charge in [-0.2, -0.15) is 0 Å². The van der Waals surface area contributed by atoms with Crippen LogP contribution in [0.4, 0.5) is 0 Å². The zero-order valence-electron chi connectivity index (χ0n) is 8.12. The van der Waals surface area contributed by atoms with Gasteiger partial charge in [0.1, 0.15) is 6.61 Å². The highest BCUT2D eigenvalue weighted by molar-refractivity contribution is 5.75. The minimum Gasteiger partial charge on any atom is -0.493 e. The minimum absolute atomic E-state index is 0.531. The molecule has 0 saturated carbocycles. The van der Waals surface area contributed by atoms with E-state index in [9.17, 15) is 0 Å². The van der Waals surface area contributed by atoms with Crippen molar-refractivity contribution < 1.29 is 9.47 Å². The zero-order chi connectivity index (χ0) is 9.97. The predicted octanol–water partition coefficient (Wildman–Crippen LogP) is 1.43. The Labute approximate surface area is 83.1 Å². The largest absolute Gasteiger partial charge is 0.493 e. The smallest absolute Gasteiger partial charge is 0.169 e. The number of ether oxygens (including phenoxy) is 2. The fraction of sp³-hybridized carbons (Fsp3) is 0.273. The highest BCUT2D eigenvalue weighted by Crippen LogP contribution is 2.37.